The second-order valence-corrected chi connectivity index (χ2v) is 10.1. The van der Waals surface area contributed by atoms with Crippen molar-refractivity contribution in [2.75, 3.05) is 12.8 Å². The lowest BCUT2D eigenvalue weighted by atomic mass is 10.0. The molecule has 0 aliphatic carbocycles. The van der Waals surface area contributed by atoms with Crippen LogP contribution in [0.2, 0.25) is 0 Å². The van der Waals surface area contributed by atoms with E-state index in [4.69, 9.17) is 4.74 Å². The molecule has 0 bridgehead atoms. The maximum atomic E-state index is 12.7. The van der Waals surface area contributed by atoms with Crippen LogP contribution < -0.4 is 15.5 Å². The Labute approximate surface area is 219 Å². The summed E-state index contributed by atoms with van der Waals surface area (Å²) in [6.07, 6.45) is 2.49. The number of carbonyl (C=O) groups is 2. The normalized spacial score (nSPS) is 12.2. The van der Waals surface area contributed by atoms with Crippen molar-refractivity contribution in [1.82, 2.24) is 15.6 Å². The predicted octanol–water partition coefficient (Wildman–Crippen LogP) is 4.65. The Morgan fingerprint density at radius 1 is 0.973 bits per heavy atom. The number of nitrogens with zero attached hydrogens (tertiary/aromatic N) is 2. The number of ether oxygens (including phenoxy) is 1. The lowest BCUT2D eigenvalue weighted by Crippen LogP contribution is -2.37. The Morgan fingerprint density at radius 2 is 1.70 bits per heavy atom. The minimum absolute atomic E-state index is 0.117. The molecule has 9 heteroatoms. The number of carbonyl (C=O) groups excluding carboxylic acids is 2. The highest BCUT2D eigenvalue weighted by molar-refractivity contribution is 7.39. The van der Waals surface area contributed by atoms with E-state index in [0.29, 0.717) is 6.54 Å². The van der Waals surface area contributed by atoms with E-state index in [2.05, 4.69) is 32.5 Å². The van der Waals surface area contributed by atoms with Gasteiger partial charge in [0.1, 0.15) is 6.61 Å². The predicted molar refractivity (Wildman–Crippen MR) is 144 cm³/mol. The maximum Gasteiger partial charge on any atom is 0.410 e. The molecule has 2 atom stereocenters. The molecular formula is C28H33N4O4P. The topological polar surface area (TPSA) is 116 Å². The van der Waals surface area contributed by atoms with E-state index in [-0.39, 0.29) is 24.7 Å². The van der Waals surface area contributed by atoms with E-state index in [1.54, 1.807) is 6.20 Å². The van der Waals surface area contributed by atoms with Gasteiger partial charge in [0.15, 0.2) is 20.3 Å². The molecule has 0 saturated carbocycles. The fourth-order valence-electron chi connectivity index (χ4n) is 3.56. The van der Waals surface area contributed by atoms with Crippen molar-refractivity contribution >= 4 is 19.9 Å². The highest BCUT2D eigenvalue weighted by atomic mass is 31.1. The van der Waals surface area contributed by atoms with Gasteiger partial charge in [0.2, 0.25) is 5.91 Å². The zero-order chi connectivity index (χ0) is 26.5. The summed E-state index contributed by atoms with van der Waals surface area (Å²) in [5.74, 6) is -0.404. The number of pyridine rings is 1. The first-order valence-corrected chi connectivity index (χ1v) is 13.7. The van der Waals surface area contributed by atoms with Crippen LogP contribution in [-0.2, 0) is 22.6 Å². The van der Waals surface area contributed by atoms with E-state index in [0.717, 1.165) is 29.7 Å². The minimum Gasteiger partial charge on any atom is -0.611 e. The van der Waals surface area contributed by atoms with Gasteiger partial charge in [-0.1, -0.05) is 79.3 Å². The molecular weight excluding hydrogens is 487 g/mol. The molecule has 194 valence electrons. The Bertz CT molecular complexity index is 1160. The Morgan fingerprint density at radius 3 is 2.38 bits per heavy atom. The minimum atomic E-state index is -2.16. The summed E-state index contributed by atoms with van der Waals surface area (Å²) in [4.78, 5) is 41.3. The van der Waals surface area contributed by atoms with Crippen LogP contribution in [-0.4, -0.2) is 35.9 Å². The Balaban J connectivity index is 1.40. The number of amides is 2. The smallest absolute Gasteiger partial charge is 0.410 e. The molecule has 1 unspecified atom stereocenters. The highest BCUT2D eigenvalue weighted by Crippen LogP contribution is 2.20. The Kier molecular flexibility index (Phi) is 11.2. The number of hydrogen-bond acceptors (Lipinski definition) is 6. The second kappa shape index (κ2) is 14.8. The first-order chi connectivity index (χ1) is 17.9. The highest BCUT2D eigenvalue weighted by Gasteiger charge is 2.24. The van der Waals surface area contributed by atoms with Gasteiger partial charge in [0, 0.05) is 18.3 Å². The number of benzene rings is 2. The summed E-state index contributed by atoms with van der Waals surface area (Å²) >= 11 is 0. The molecule has 2 aromatic carbocycles. The van der Waals surface area contributed by atoms with Crippen molar-refractivity contribution < 1.29 is 19.2 Å². The van der Waals surface area contributed by atoms with E-state index in [1.165, 1.54) is 5.56 Å². The van der Waals surface area contributed by atoms with Crippen LogP contribution in [0.15, 0.2) is 83.7 Å². The number of alkyl carbamates (subject to hydrolysis) is 1. The number of nitrogens with one attached hydrogen (secondary N) is 2. The van der Waals surface area contributed by atoms with Crippen molar-refractivity contribution in [2.24, 2.45) is 10.7 Å². The van der Waals surface area contributed by atoms with Crippen molar-refractivity contribution in [3.05, 3.63) is 90.1 Å². The maximum absolute atomic E-state index is 12.7. The van der Waals surface area contributed by atoms with Gasteiger partial charge < -0.3 is 14.9 Å². The molecule has 8 nitrogen and oxygen atoms in total. The van der Waals surface area contributed by atoms with Gasteiger partial charge >= 0.3 is 6.09 Å². The van der Waals surface area contributed by atoms with Crippen LogP contribution in [0.1, 0.15) is 31.4 Å². The molecule has 0 aliphatic heterocycles. The van der Waals surface area contributed by atoms with Crippen molar-refractivity contribution in [3.63, 3.8) is 0 Å². The van der Waals surface area contributed by atoms with E-state index < -0.39 is 20.1 Å². The lowest BCUT2D eigenvalue weighted by molar-refractivity contribution is -0.156. The third-order valence-corrected chi connectivity index (χ3v) is 6.52. The molecule has 0 fully saturated rings. The van der Waals surface area contributed by atoms with Gasteiger partial charge in [-0.05, 0) is 42.0 Å². The quantitative estimate of drug-likeness (QED) is 0.267. The third-order valence-electron chi connectivity index (χ3n) is 5.58. The Hall–Kier alpha value is -3.61. The first kappa shape index (κ1) is 28.0. The van der Waals surface area contributed by atoms with Crippen molar-refractivity contribution in [3.8, 4) is 11.3 Å². The molecule has 0 aliphatic rings. The fraction of sp³-hybridized carbons (Fsp3) is 0.321. The van der Waals surface area contributed by atoms with Crippen LogP contribution in [0, 0.1) is 5.92 Å². The van der Waals surface area contributed by atoms with E-state index in [9.17, 15) is 14.5 Å². The van der Waals surface area contributed by atoms with Gasteiger partial charge in [-0.15, -0.1) is 0 Å². The zero-order valence-electron chi connectivity index (χ0n) is 21.2. The number of rotatable bonds is 12. The standard InChI is InChI=1S/C28H33N4O4P/c1-21(2)26(32-37(35)20-31-28(34)36-19-23-9-4-3-5-10-23)27(33)30-18-8-11-22-13-15-24(16-14-22)25-12-6-7-17-29-25/h3-7,9-10,12-17,21,26H,8,11,18-20H2,1-2H3,(H,30,33)(H,31,34)/t26-/m0/s1. The summed E-state index contributed by atoms with van der Waals surface area (Å²) in [6, 6.07) is 22.6. The van der Waals surface area contributed by atoms with Gasteiger partial charge in [-0.2, -0.15) is 0 Å². The molecule has 0 radical (unpaired) electrons. The van der Waals surface area contributed by atoms with Gasteiger partial charge in [0.05, 0.1) is 5.69 Å². The van der Waals surface area contributed by atoms with Crippen LogP contribution in [0.25, 0.3) is 11.3 Å². The van der Waals surface area contributed by atoms with Crippen LogP contribution in [0.4, 0.5) is 4.79 Å². The lowest BCUT2D eigenvalue weighted by Gasteiger charge is -2.15. The number of aryl methyl sites for hydroxylation is 1. The number of aromatic nitrogens is 1. The van der Waals surface area contributed by atoms with Crippen LogP contribution >= 0.6 is 7.94 Å². The van der Waals surface area contributed by atoms with Crippen molar-refractivity contribution in [1.29, 1.82) is 0 Å². The van der Waals surface area contributed by atoms with Crippen LogP contribution in [0.3, 0.4) is 0 Å². The molecule has 0 saturated heterocycles. The van der Waals surface area contributed by atoms with Crippen molar-refractivity contribution in [2.45, 2.75) is 39.3 Å². The monoisotopic (exact) mass is 520 g/mol. The molecule has 3 aromatic rings. The average molecular weight is 521 g/mol. The average Bonchev–Trinajstić information content (AvgIpc) is 2.93. The fourth-order valence-corrected chi connectivity index (χ4v) is 4.55. The summed E-state index contributed by atoms with van der Waals surface area (Å²) in [5.41, 5.74) is 4.02. The summed E-state index contributed by atoms with van der Waals surface area (Å²) < 4.78 is 9.27. The van der Waals surface area contributed by atoms with Gasteiger partial charge in [-0.3, -0.25) is 15.1 Å². The van der Waals surface area contributed by atoms with Crippen LogP contribution in [0.5, 0.6) is 0 Å². The summed E-state index contributed by atoms with van der Waals surface area (Å²) in [7, 11) is -2.16. The zero-order valence-corrected chi connectivity index (χ0v) is 22.1. The molecule has 3 rings (SSSR count). The molecule has 37 heavy (non-hydrogen) atoms. The van der Waals surface area contributed by atoms with E-state index in [1.807, 2.05) is 74.5 Å². The number of hydrogen-bond donors (Lipinski definition) is 2. The van der Waals surface area contributed by atoms with E-state index >= 15 is 0 Å². The molecule has 2 N–H and O–H groups in total. The molecule has 0 spiro atoms. The largest absolute Gasteiger partial charge is 0.611 e. The summed E-state index contributed by atoms with van der Waals surface area (Å²) in [6.45, 7) is 4.30. The van der Waals surface area contributed by atoms with Gasteiger partial charge in [-0.25, -0.2) is 4.79 Å². The second-order valence-electron chi connectivity index (χ2n) is 8.86. The molecule has 1 heterocycles. The summed E-state index contributed by atoms with van der Waals surface area (Å²) in [5, 5.41) is 5.34. The first-order valence-electron chi connectivity index (χ1n) is 12.3. The molecule has 1 aromatic heterocycles. The molecule has 2 amide bonds. The third kappa shape index (κ3) is 9.75. The SMILES string of the molecule is CC(C)[C@H](N=[P+]([O-])CNC(=O)OCc1ccccc1)C(=O)NCCCc1ccc(-c2ccccn2)cc1. The van der Waals surface area contributed by atoms with Gasteiger partial charge in [0.25, 0.3) is 0 Å².